The molecule has 28 heavy (non-hydrogen) atoms. The number of hydrogen-bond donors (Lipinski definition) is 1. The first-order valence-corrected chi connectivity index (χ1v) is 11.0. The molecule has 0 saturated carbocycles. The Morgan fingerprint density at radius 1 is 1.14 bits per heavy atom. The zero-order valence-corrected chi connectivity index (χ0v) is 17.5. The van der Waals surface area contributed by atoms with Crippen LogP contribution in [-0.2, 0) is 16.4 Å². The Hall–Kier alpha value is -2.29. The van der Waals surface area contributed by atoms with Crippen LogP contribution >= 0.6 is 11.3 Å². The minimum atomic E-state index is -3.69. The van der Waals surface area contributed by atoms with Crippen LogP contribution in [0.25, 0.3) is 10.6 Å². The van der Waals surface area contributed by atoms with Crippen molar-refractivity contribution in [1.29, 1.82) is 0 Å². The van der Waals surface area contributed by atoms with Crippen molar-refractivity contribution in [1.82, 2.24) is 9.71 Å². The third-order valence-corrected chi connectivity index (χ3v) is 7.19. The summed E-state index contributed by atoms with van der Waals surface area (Å²) in [6, 6.07) is 11.3. The van der Waals surface area contributed by atoms with Crippen molar-refractivity contribution in [3.63, 3.8) is 0 Å². The standard InChI is InChI=1S/C20H21FN2O3S2/c1-13-12-16(21)6-9-19(13)28(24,25)22-11-10-18-14(2)23-20(27-18)15-4-7-17(26-3)8-5-15/h4-9,12,22H,10-11H2,1-3H3. The Kier molecular flexibility index (Phi) is 6.12. The highest BCUT2D eigenvalue weighted by atomic mass is 32.2. The van der Waals surface area contributed by atoms with Gasteiger partial charge in [0.05, 0.1) is 17.7 Å². The maximum Gasteiger partial charge on any atom is 0.240 e. The second-order valence-electron chi connectivity index (χ2n) is 6.31. The minimum absolute atomic E-state index is 0.0915. The maximum absolute atomic E-state index is 13.2. The molecule has 2 aromatic carbocycles. The van der Waals surface area contributed by atoms with Crippen LogP contribution in [0, 0.1) is 19.7 Å². The highest BCUT2D eigenvalue weighted by Crippen LogP contribution is 2.29. The number of sulfonamides is 1. The number of aromatic nitrogens is 1. The van der Waals surface area contributed by atoms with Crippen LogP contribution < -0.4 is 9.46 Å². The molecule has 0 bridgehead atoms. The molecule has 148 valence electrons. The Balaban J connectivity index is 1.68. The molecule has 0 fully saturated rings. The molecule has 0 unspecified atom stereocenters. The lowest BCUT2D eigenvalue weighted by atomic mass is 10.2. The summed E-state index contributed by atoms with van der Waals surface area (Å²) in [4.78, 5) is 5.70. The van der Waals surface area contributed by atoms with Gasteiger partial charge in [-0.1, -0.05) is 0 Å². The molecule has 8 heteroatoms. The number of ether oxygens (including phenoxy) is 1. The van der Waals surface area contributed by atoms with E-state index in [4.69, 9.17) is 4.74 Å². The summed E-state index contributed by atoms with van der Waals surface area (Å²) in [5.74, 6) is 0.325. The van der Waals surface area contributed by atoms with Crippen molar-refractivity contribution in [2.45, 2.75) is 25.2 Å². The van der Waals surface area contributed by atoms with Crippen molar-refractivity contribution in [2.24, 2.45) is 0 Å². The lowest BCUT2D eigenvalue weighted by Crippen LogP contribution is -2.26. The van der Waals surface area contributed by atoms with E-state index in [-0.39, 0.29) is 11.4 Å². The van der Waals surface area contributed by atoms with Crippen LogP contribution in [0.3, 0.4) is 0 Å². The Morgan fingerprint density at radius 2 is 1.86 bits per heavy atom. The molecule has 3 aromatic rings. The smallest absolute Gasteiger partial charge is 0.240 e. The van der Waals surface area contributed by atoms with Gasteiger partial charge in [0.15, 0.2) is 0 Å². The van der Waals surface area contributed by atoms with E-state index in [2.05, 4.69) is 9.71 Å². The molecule has 1 aromatic heterocycles. The van der Waals surface area contributed by atoms with Gasteiger partial charge in [-0.05, 0) is 68.3 Å². The Bertz CT molecular complexity index is 1080. The minimum Gasteiger partial charge on any atom is -0.497 e. The summed E-state index contributed by atoms with van der Waals surface area (Å²) < 4.78 is 45.9. The average Bonchev–Trinajstić information content (AvgIpc) is 3.02. The van der Waals surface area contributed by atoms with Gasteiger partial charge in [0.1, 0.15) is 16.6 Å². The fourth-order valence-electron chi connectivity index (χ4n) is 2.81. The molecule has 3 rings (SSSR count). The summed E-state index contributed by atoms with van der Waals surface area (Å²) in [7, 11) is -2.07. The highest BCUT2D eigenvalue weighted by molar-refractivity contribution is 7.89. The molecule has 0 amide bonds. The first-order valence-electron chi connectivity index (χ1n) is 8.66. The molecule has 0 radical (unpaired) electrons. The van der Waals surface area contributed by atoms with Crippen molar-refractivity contribution >= 4 is 21.4 Å². The molecule has 1 heterocycles. The van der Waals surface area contributed by atoms with Gasteiger partial charge < -0.3 is 4.74 Å². The Labute approximate surface area is 168 Å². The van der Waals surface area contributed by atoms with Crippen molar-refractivity contribution in [2.75, 3.05) is 13.7 Å². The molecule has 0 atom stereocenters. The van der Waals surface area contributed by atoms with Gasteiger partial charge in [0, 0.05) is 17.0 Å². The number of nitrogens with one attached hydrogen (secondary N) is 1. The number of benzene rings is 2. The molecule has 0 spiro atoms. The summed E-state index contributed by atoms with van der Waals surface area (Å²) in [5, 5.41) is 0.882. The average molecular weight is 421 g/mol. The lowest BCUT2D eigenvalue weighted by molar-refractivity contribution is 0.415. The predicted octanol–water partition coefficient (Wildman–Crippen LogP) is 4.10. The molecule has 1 N–H and O–H groups in total. The molecular weight excluding hydrogens is 399 g/mol. The quantitative estimate of drug-likeness (QED) is 0.625. The predicted molar refractivity (Wildman–Crippen MR) is 109 cm³/mol. The molecule has 0 aliphatic carbocycles. The topological polar surface area (TPSA) is 68.3 Å². The van der Waals surface area contributed by atoms with E-state index in [9.17, 15) is 12.8 Å². The fraction of sp³-hybridized carbons (Fsp3) is 0.250. The largest absolute Gasteiger partial charge is 0.497 e. The zero-order valence-electron chi connectivity index (χ0n) is 15.8. The second kappa shape index (κ2) is 8.38. The first kappa shape index (κ1) is 20.4. The van der Waals surface area contributed by atoms with Crippen LogP contribution in [0.2, 0.25) is 0 Å². The number of thiazole rings is 1. The summed E-state index contributed by atoms with van der Waals surface area (Å²) >= 11 is 1.54. The SMILES string of the molecule is COc1ccc(-c2nc(C)c(CCNS(=O)(=O)c3ccc(F)cc3C)s2)cc1. The second-order valence-corrected chi connectivity index (χ2v) is 9.13. The normalized spacial score (nSPS) is 11.6. The van der Waals surface area contributed by atoms with E-state index in [1.165, 1.54) is 12.1 Å². The zero-order chi connectivity index (χ0) is 20.3. The van der Waals surface area contributed by atoms with Crippen LogP contribution in [0.1, 0.15) is 16.1 Å². The van der Waals surface area contributed by atoms with Crippen molar-refractivity contribution in [3.8, 4) is 16.3 Å². The summed E-state index contributed by atoms with van der Waals surface area (Å²) in [5.41, 5.74) is 2.25. The van der Waals surface area contributed by atoms with Gasteiger partial charge >= 0.3 is 0 Å². The fourth-order valence-corrected chi connectivity index (χ4v) is 5.13. The first-order chi connectivity index (χ1) is 13.3. The van der Waals surface area contributed by atoms with E-state index in [1.807, 2.05) is 31.2 Å². The van der Waals surface area contributed by atoms with E-state index < -0.39 is 15.8 Å². The molecule has 0 aliphatic heterocycles. The van der Waals surface area contributed by atoms with Gasteiger partial charge in [0.2, 0.25) is 10.0 Å². The number of hydrogen-bond acceptors (Lipinski definition) is 5. The van der Waals surface area contributed by atoms with Gasteiger partial charge in [-0.2, -0.15) is 0 Å². The number of halogens is 1. The molecule has 0 aliphatic rings. The number of methoxy groups -OCH3 is 1. The van der Waals surface area contributed by atoms with Gasteiger partial charge in [-0.3, -0.25) is 0 Å². The van der Waals surface area contributed by atoms with Crippen molar-refractivity contribution in [3.05, 3.63) is 64.4 Å². The number of rotatable bonds is 7. The van der Waals surface area contributed by atoms with E-state index in [0.717, 1.165) is 33.0 Å². The van der Waals surface area contributed by atoms with Crippen LogP contribution in [0.15, 0.2) is 47.4 Å². The molecule has 0 saturated heterocycles. The van der Waals surface area contributed by atoms with Crippen LogP contribution in [-0.4, -0.2) is 27.1 Å². The number of nitrogens with zero attached hydrogens (tertiary/aromatic N) is 1. The van der Waals surface area contributed by atoms with Crippen LogP contribution in [0.5, 0.6) is 5.75 Å². The van der Waals surface area contributed by atoms with Crippen LogP contribution in [0.4, 0.5) is 4.39 Å². The molecule has 5 nitrogen and oxygen atoms in total. The van der Waals surface area contributed by atoms with Gasteiger partial charge in [-0.25, -0.2) is 22.5 Å². The Morgan fingerprint density at radius 3 is 2.50 bits per heavy atom. The van der Waals surface area contributed by atoms with E-state index in [1.54, 1.807) is 25.4 Å². The van der Waals surface area contributed by atoms with E-state index >= 15 is 0 Å². The van der Waals surface area contributed by atoms with Gasteiger partial charge in [0.25, 0.3) is 0 Å². The third kappa shape index (κ3) is 4.57. The maximum atomic E-state index is 13.2. The summed E-state index contributed by atoms with van der Waals surface area (Å²) in [6.07, 6.45) is 0.527. The monoisotopic (exact) mass is 420 g/mol. The third-order valence-electron chi connectivity index (χ3n) is 4.30. The van der Waals surface area contributed by atoms with E-state index in [0.29, 0.717) is 12.0 Å². The van der Waals surface area contributed by atoms with Gasteiger partial charge in [-0.15, -0.1) is 11.3 Å². The number of aryl methyl sites for hydroxylation is 2. The summed E-state index contributed by atoms with van der Waals surface area (Å²) in [6.45, 7) is 3.73. The highest BCUT2D eigenvalue weighted by Gasteiger charge is 2.17. The molecular formula is C20H21FN2O3S2. The van der Waals surface area contributed by atoms with Crippen molar-refractivity contribution < 1.29 is 17.5 Å². The lowest BCUT2D eigenvalue weighted by Gasteiger charge is -2.09.